The zero-order valence-corrected chi connectivity index (χ0v) is 7.18. The van der Waals surface area contributed by atoms with E-state index in [4.69, 9.17) is 10.00 Å². The van der Waals surface area contributed by atoms with Gasteiger partial charge in [-0.15, -0.1) is 0 Å². The number of rotatable bonds is 1. The predicted molar refractivity (Wildman–Crippen MR) is 18.3 cm³/mol. The van der Waals surface area contributed by atoms with Gasteiger partial charge >= 0.3 is 0 Å². The molecule has 6 heavy (non-hydrogen) atoms. The summed E-state index contributed by atoms with van der Waals surface area (Å²) in [6.45, 7) is 0. The van der Waals surface area contributed by atoms with Gasteiger partial charge in [0.1, 0.15) is 6.35 Å². The molecule has 0 saturated carbocycles. The summed E-state index contributed by atoms with van der Waals surface area (Å²) in [7, 11) is -2.57. The second kappa shape index (κ2) is 5.77. The van der Waals surface area contributed by atoms with Gasteiger partial charge < -0.3 is 10.00 Å². The van der Waals surface area contributed by atoms with Gasteiger partial charge in [-0.25, -0.2) is 0 Å². The van der Waals surface area contributed by atoms with Crippen LogP contribution in [0.5, 0.6) is 0 Å². The number of aliphatic hydroxyl groups is 1. The van der Waals surface area contributed by atoms with Crippen molar-refractivity contribution in [3.8, 4) is 0 Å². The number of hydrogen-bond donors (Lipinski definition) is 2. The van der Waals surface area contributed by atoms with Crippen molar-refractivity contribution in [1.29, 1.82) is 0 Å². The quantitative estimate of drug-likeness (QED) is 0.399. The minimum atomic E-state index is -2.57. The molecular weight excluding hydrogens is 156 g/mol. The average Bonchev–Trinajstić information content (AvgIpc) is 1.38. The van der Waals surface area contributed by atoms with E-state index in [1.54, 1.807) is 0 Å². The van der Waals surface area contributed by atoms with Crippen LogP contribution in [0.15, 0.2) is 0 Å². The Bertz CT molecular complexity index is 46.1. The van der Waals surface area contributed by atoms with Crippen LogP contribution in [0.1, 0.15) is 0 Å². The fourth-order valence-electron chi connectivity index (χ4n) is 0. The molecule has 0 radical (unpaired) electrons. The summed E-state index contributed by atoms with van der Waals surface area (Å²) < 4.78 is 9.30. The van der Waals surface area contributed by atoms with Crippen LogP contribution in [0.4, 0.5) is 0 Å². The molecule has 0 aliphatic heterocycles. The van der Waals surface area contributed by atoms with Gasteiger partial charge in [0.05, 0.1) is 0 Å². The van der Waals surface area contributed by atoms with E-state index in [9.17, 15) is 4.57 Å². The molecule has 0 heterocycles. The van der Waals surface area contributed by atoms with E-state index in [2.05, 4.69) is 0 Å². The van der Waals surface area contributed by atoms with Gasteiger partial charge in [-0.3, -0.25) is 4.57 Å². The third-order valence-corrected chi connectivity index (χ3v) is 0.406. The van der Waals surface area contributed by atoms with Gasteiger partial charge in [0, 0.05) is 19.5 Å². The maximum Gasteiger partial charge on any atom is 0.213 e. The molecule has 0 spiro atoms. The van der Waals surface area contributed by atoms with Crippen LogP contribution in [-0.4, -0.2) is 16.3 Å². The maximum absolute atomic E-state index is 9.30. The Morgan fingerprint density at radius 2 is 1.83 bits per heavy atom. The minimum Gasteiger partial charge on any atom is -0.387 e. The molecule has 0 aromatic heterocycles. The molecule has 1 atom stereocenters. The van der Waals surface area contributed by atoms with E-state index >= 15 is 0 Å². The molecule has 0 aromatic carbocycles. The summed E-state index contributed by atoms with van der Waals surface area (Å²) in [5.74, 6) is 0. The van der Waals surface area contributed by atoms with E-state index in [-0.39, 0.29) is 19.5 Å². The Hall–Kier alpha value is 0.773. The SMILES string of the molecule is O=[PH](O)CO.[Zn]. The van der Waals surface area contributed by atoms with Gasteiger partial charge in [-0.05, 0) is 0 Å². The van der Waals surface area contributed by atoms with Crippen LogP contribution in [0.2, 0.25) is 0 Å². The summed E-state index contributed by atoms with van der Waals surface area (Å²) in [4.78, 5) is 7.66. The van der Waals surface area contributed by atoms with E-state index in [0.29, 0.717) is 0 Å². The Morgan fingerprint density at radius 3 is 1.83 bits per heavy atom. The normalized spacial score (nSPS) is 12.3. The third-order valence-electron chi connectivity index (χ3n) is 0.135. The topological polar surface area (TPSA) is 57.5 Å². The van der Waals surface area contributed by atoms with Crippen LogP contribution in [-0.2, 0) is 24.0 Å². The third kappa shape index (κ3) is 8.84. The first-order chi connectivity index (χ1) is 2.27. The molecule has 3 nitrogen and oxygen atoms in total. The molecule has 0 bridgehead atoms. The molecule has 34 valence electrons. The minimum absolute atomic E-state index is 0. The van der Waals surface area contributed by atoms with Crippen molar-refractivity contribution in [1.82, 2.24) is 0 Å². The van der Waals surface area contributed by atoms with E-state index in [1.165, 1.54) is 0 Å². The Labute approximate surface area is 49.0 Å². The summed E-state index contributed by atoms with van der Waals surface area (Å²) in [6.07, 6.45) is -0.593. The second-order valence-corrected chi connectivity index (χ2v) is 1.66. The molecule has 0 amide bonds. The smallest absolute Gasteiger partial charge is 0.213 e. The molecule has 0 saturated heterocycles. The molecule has 0 fully saturated rings. The van der Waals surface area contributed by atoms with Crippen molar-refractivity contribution in [3.05, 3.63) is 0 Å². The standard InChI is InChI=1S/CH5O3P.Zn/c2-1-5(3)4;/h2,5H,1H2,(H,3,4);. The van der Waals surface area contributed by atoms with Crippen LogP contribution in [0, 0.1) is 0 Å². The summed E-state index contributed by atoms with van der Waals surface area (Å²) in [5, 5.41) is 7.63. The Morgan fingerprint density at radius 1 is 1.67 bits per heavy atom. The molecule has 0 aromatic rings. The molecule has 1 unspecified atom stereocenters. The molecule has 2 N–H and O–H groups in total. The largest absolute Gasteiger partial charge is 0.387 e. The van der Waals surface area contributed by atoms with E-state index < -0.39 is 14.4 Å². The first kappa shape index (κ1) is 9.91. The summed E-state index contributed by atoms with van der Waals surface area (Å²) >= 11 is 0. The molecule has 5 heteroatoms. The van der Waals surface area contributed by atoms with Gasteiger partial charge in [-0.2, -0.15) is 0 Å². The average molecular weight is 161 g/mol. The van der Waals surface area contributed by atoms with Crippen molar-refractivity contribution in [2.24, 2.45) is 0 Å². The Balaban J connectivity index is 0. The van der Waals surface area contributed by atoms with Crippen molar-refractivity contribution in [2.45, 2.75) is 0 Å². The van der Waals surface area contributed by atoms with Gasteiger partial charge in [-0.1, -0.05) is 0 Å². The zero-order valence-electron chi connectivity index (χ0n) is 3.22. The number of hydrogen-bond acceptors (Lipinski definition) is 2. The maximum atomic E-state index is 9.30. The van der Waals surface area contributed by atoms with Crippen molar-refractivity contribution in [2.75, 3.05) is 6.35 Å². The van der Waals surface area contributed by atoms with Crippen molar-refractivity contribution in [3.63, 3.8) is 0 Å². The van der Waals surface area contributed by atoms with Crippen LogP contribution < -0.4 is 0 Å². The summed E-state index contributed by atoms with van der Waals surface area (Å²) in [5.41, 5.74) is 0. The van der Waals surface area contributed by atoms with E-state index in [0.717, 1.165) is 0 Å². The van der Waals surface area contributed by atoms with Crippen molar-refractivity contribution >= 4 is 8.03 Å². The van der Waals surface area contributed by atoms with Gasteiger partial charge in [0.25, 0.3) is 0 Å². The Kier molecular flexibility index (Phi) is 9.53. The molecule has 0 rings (SSSR count). The fraction of sp³-hybridized carbons (Fsp3) is 1.00. The molecule has 0 aliphatic carbocycles. The van der Waals surface area contributed by atoms with Crippen LogP contribution in [0.3, 0.4) is 0 Å². The van der Waals surface area contributed by atoms with Gasteiger partial charge in [0.2, 0.25) is 8.03 Å². The first-order valence-electron chi connectivity index (χ1n) is 1.10. The predicted octanol–water partition coefficient (Wildman–Crippen LogP) is -0.599. The fourth-order valence-corrected chi connectivity index (χ4v) is 0. The van der Waals surface area contributed by atoms with Crippen LogP contribution >= 0.6 is 8.03 Å². The molecule has 0 aliphatic rings. The van der Waals surface area contributed by atoms with Gasteiger partial charge in [0.15, 0.2) is 0 Å². The second-order valence-electron chi connectivity index (χ2n) is 0.552. The first-order valence-corrected chi connectivity index (χ1v) is 2.66. The summed E-state index contributed by atoms with van der Waals surface area (Å²) in [6, 6.07) is 0. The number of aliphatic hydroxyl groups excluding tert-OH is 1. The van der Waals surface area contributed by atoms with Crippen molar-refractivity contribution < 1.29 is 34.0 Å². The monoisotopic (exact) mass is 160 g/mol. The van der Waals surface area contributed by atoms with Crippen LogP contribution in [0.25, 0.3) is 0 Å². The zero-order chi connectivity index (χ0) is 4.28. The molecular formula is CH5O3PZn. The van der Waals surface area contributed by atoms with E-state index in [1.807, 2.05) is 0 Å².